The molecule has 0 atom stereocenters. The molecule has 1 fully saturated rings. The summed E-state index contributed by atoms with van der Waals surface area (Å²) in [6.07, 6.45) is 9.80. The lowest BCUT2D eigenvalue weighted by Crippen LogP contribution is -2.48. The van der Waals surface area contributed by atoms with E-state index in [0.717, 1.165) is 48.4 Å². The number of amides is 2. The maximum Gasteiger partial charge on any atom is 0.290 e. The van der Waals surface area contributed by atoms with Crippen molar-refractivity contribution in [2.45, 2.75) is 71.5 Å². The SMILES string of the molecule is CC(C)CCN(CC(=O)N(Cc1cccn1Cc1ccccc1Cl)C1CCCCC1)C(=O)c1ccco1. The van der Waals surface area contributed by atoms with Crippen molar-refractivity contribution in [1.29, 1.82) is 0 Å². The number of carbonyl (C=O) groups is 2. The van der Waals surface area contributed by atoms with Gasteiger partial charge in [0.05, 0.1) is 12.8 Å². The van der Waals surface area contributed by atoms with Crippen LogP contribution in [0.15, 0.2) is 65.4 Å². The second kappa shape index (κ2) is 13.0. The molecule has 6 nitrogen and oxygen atoms in total. The molecule has 0 radical (unpaired) electrons. The van der Waals surface area contributed by atoms with Crippen molar-refractivity contribution in [1.82, 2.24) is 14.4 Å². The first kappa shape index (κ1) is 27.1. The van der Waals surface area contributed by atoms with E-state index in [1.807, 2.05) is 41.4 Å². The normalized spacial score (nSPS) is 14.2. The van der Waals surface area contributed by atoms with Gasteiger partial charge in [-0.1, -0.05) is 62.9 Å². The number of furan rings is 1. The van der Waals surface area contributed by atoms with E-state index in [0.29, 0.717) is 25.6 Å². The number of hydrogen-bond donors (Lipinski definition) is 0. The molecule has 4 rings (SSSR count). The topological polar surface area (TPSA) is 58.7 Å². The third-order valence-electron chi connectivity index (χ3n) is 7.21. The van der Waals surface area contributed by atoms with Gasteiger partial charge in [-0.05, 0) is 61.1 Å². The van der Waals surface area contributed by atoms with Crippen molar-refractivity contribution >= 4 is 23.4 Å². The highest BCUT2D eigenvalue weighted by atomic mass is 35.5. The molecular weight excluding hydrogens is 486 g/mol. The van der Waals surface area contributed by atoms with Gasteiger partial charge in [-0.2, -0.15) is 0 Å². The Labute approximate surface area is 225 Å². The number of carbonyl (C=O) groups excluding carboxylic acids is 2. The fourth-order valence-electron chi connectivity index (χ4n) is 5.02. The van der Waals surface area contributed by atoms with E-state index in [1.54, 1.807) is 17.0 Å². The van der Waals surface area contributed by atoms with Crippen LogP contribution in [0.3, 0.4) is 0 Å². The van der Waals surface area contributed by atoms with E-state index in [1.165, 1.54) is 12.7 Å². The zero-order valence-electron chi connectivity index (χ0n) is 21.9. The van der Waals surface area contributed by atoms with Gasteiger partial charge < -0.3 is 18.8 Å². The molecule has 0 aliphatic heterocycles. The predicted molar refractivity (Wildman–Crippen MR) is 146 cm³/mol. The summed E-state index contributed by atoms with van der Waals surface area (Å²) >= 11 is 6.43. The second-order valence-electron chi connectivity index (χ2n) is 10.4. The Morgan fingerprint density at radius 3 is 2.54 bits per heavy atom. The molecule has 0 bridgehead atoms. The molecule has 198 valence electrons. The molecule has 7 heteroatoms. The van der Waals surface area contributed by atoms with E-state index < -0.39 is 0 Å². The quantitative estimate of drug-likeness (QED) is 0.283. The molecule has 2 heterocycles. The van der Waals surface area contributed by atoms with Gasteiger partial charge in [-0.3, -0.25) is 9.59 Å². The first-order valence-electron chi connectivity index (χ1n) is 13.4. The summed E-state index contributed by atoms with van der Waals surface area (Å²) in [6, 6.07) is 15.5. The molecule has 1 aliphatic rings. The molecule has 0 unspecified atom stereocenters. The maximum absolute atomic E-state index is 13.9. The summed E-state index contributed by atoms with van der Waals surface area (Å²) in [7, 11) is 0. The lowest BCUT2D eigenvalue weighted by Gasteiger charge is -2.36. The number of hydrogen-bond acceptors (Lipinski definition) is 3. The molecule has 37 heavy (non-hydrogen) atoms. The van der Waals surface area contributed by atoms with Crippen LogP contribution in [0.25, 0.3) is 0 Å². The number of nitrogens with zero attached hydrogens (tertiary/aromatic N) is 3. The van der Waals surface area contributed by atoms with Crippen LogP contribution >= 0.6 is 11.6 Å². The van der Waals surface area contributed by atoms with Crippen LogP contribution in [0.4, 0.5) is 0 Å². The zero-order chi connectivity index (χ0) is 26.2. The Balaban J connectivity index is 1.54. The molecular formula is C30H38ClN3O3. The molecule has 1 aliphatic carbocycles. The van der Waals surface area contributed by atoms with Gasteiger partial charge in [0.1, 0.15) is 6.54 Å². The average Bonchev–Trinajstić information content (AvgIpc) is 3.59. The van der Waals surface area contributed by atoms with Crippen LogP contribution < -0.4 is 0 Å². The van der Waals surface area contributed by atoms with Crippen LogP contribution in [0.2, 0.25) is 5.02 Å². The fraction of sp³-hybridized carbons (Fsp3) is 0.467. The Kier molecular flexibility index (Phi) is 9.51. The van der Waals surface area contributed by atoms with Crippen molar-refractivity contribution in [3.63, 3.8) is 0 Å². The van der Waals surface area contributed by atoms with Crippen LogP contribution in [-0.2, 0) is 17.9 Å². The van der Waals surface area contributed by atoms with Crippen LogP contribution in [0, 0.1) is 5.92 Å². The van der Waals surface area contributed by atoms with Crippen LogP contribution in [-0.4, -0.2) is 45.3 Å². The Hall–Kier alpha value is -2.99. The third-order valence-corrected chi connectivity index (χ3v) is 7.58. The standard InChI is InChI=1S/C30H38ClN3O3/c1-23(2)16-18-33(30(36)28-15-9-19-37-28)22-29(35)34(25-11-4-3-5-12-25)21-26-13-8-17-32(26)20-24-10-6-7-14-27(24)31/h6-10,13-15,17,19,23,25H,3-5,11-12,16,18,20-22H2,1-2H3. The third kappa shape index (κ3) is 7.29. The molecule has 2 aromatic heterocycles. The summed E-state index contributed by atoms with van der Waals surface area (Å²) in [5, 5.41) is 0.736. The summed E-state index contributed by atoms with van der Waals surface area (Å²) in [6.45, 7) is 5.97. The molecule has 1 aromatic carbocycles. The molecule has 0 N–H and O–H groups in total. The van der Waals surface area contributed by atoms with E-state index >= 15 is 0 Å². The summed E-state index contributed by atoms with van der Waals surface area (Å²) in [5.41, 5.74) is 2.10. The molecule has 1 saturated carbocycles. The summed E-state index contributed by atoms with van der Waals surface area (Å²) in [4.78, 5) is 30.8. The Bertz CT molecular complexity index is 1150. The largest absolute Gasteiger partial charge is 0.459 e. The average molecular weight is 524 g/mol. The van der Waals surface area contributed by atoms with Gasteiger partial charge in [-0.15, -0.1) is 0 Å². The summed E-state index contributed by atoms with van der Waals surface area (Å²) < 4.78 is 7.54. The van der Waals surface area contributed by atoms with E-state index in [-0.39, 0.29) is 30.2 Å². The van der Waals surface area contributed by atoms with E-state index in [4.69, 9.17) is 16.0 Å². The molecule has 3 aromatic rings. The number of halogens is 1. The first-order chi connectivity index (χ1) is 17.9. The van der Waals surface area contributed by atoms with Gasteiger partial charge in [0, 0.05) is 36.0 Å². The summed E-state index contributed by atoms with van der Waals surface area (Å²) in [5.74, 6) is 0.449. The van der Waals surface area contributed by atoms with Crippen molar-refractivity contribution in [2.75, 3.05) is 13.1 Å². The minimum absolute atomic E-state index is 0.0129. The van der Waals surface area contributed by atoms with E-state index in [9.17, 15) is 9.59 Å². The number of benzene rings is 1. The van der Waals surface area contributed by atoms with Crippen LogP contribution in [0.1, 0.15) is 74.2 Å². The van der Waals surface area contributed by atoms with Crippen molar-refractivity contribution in [3.8, 4) is 0 Å². The number of rotatable bonds is 11. The van der Waals surface area contributed by atoms with Crippen molar-refractivity contribution < 1.29 is 14.0 Å². The molecule has 2 amide bonds. The lowest BCUT2D eigenvalue weighted by atomic mass is 9.94. The minimum atomic E-state index is -0.232. The van der Waals surface area contributed by atoms with Crippen molar-refractivity contribution in [3.05, 3.63) is 83.0 Å². The highest BCUT2D eigenvalue weighted by molar-refractivity contribution is 6.31. The van der Waals surface area contributed by atoms with Gasteiger partial charge in [0.2, 0.25) is 5.91 Å². The second-order valence-corrected chi connectivity index (χ2v) is 10.8. The van der Waals surface area contributed by atoms with Gasteiger partial charge in [0.25, 0.3) is 5.91 Å². The lowest BCUT2D eigenvalue weighted by molar-refractivity contribution is -0.135. The first-order valence-corrected chi connectivity index (χ1v) is 13.8. The van der Waals surface area contributed by atoms with Gasteiger partial charge in [-0.25, -0.2) is 0 Å². The van der Waals surface area contributed by atoms with E-state index in [2.05, 4.69) is 24.5 Å². The van der Waals surface area contributed by atoms with Gasteiger partial charge in [0.15, 0.2) is 5.76 Å². The minimum Gasteiger partial charge on any atom is -0.459 e. The fourth-order valence-corrected chi connectivity index (χ4v) is 5.22. The molecule has 0 spiro atoms. The highest BCUT2D eigenvalue weighted by Crippen LogP contribution is 2.26. The monoisotopic (exact) mass is 523 g/mol. The Morgan fingerprint density at radius 2 is 1.84 bits per heavy atom. The molecule has 0 saturated heterocycles. The van der Waals surface area contributed by atoms with Gasteiger partial charge >= 0.3 is 0 Å². The zero-order valence-corrected chi connectivity index (χ0v) is 22.7. The maximum atomic E-state index is 13.9. The Morgan fingerprint density at radius 1 is 1.05 bits per heavy atom. The highest BCUT2D eigenvalue weighted by Gasteiger charge is 2.29. The number of aromatic nitrogens is 1. The predicted octanol–water partition coefficient (Wildman–Crippen LogP) is 6.63. The van der Waals surface area contributed by atoms with Crippen LogP contribution in [0.5, 0.6) is 0 Å². The smallest absolute Gasteiger partial charge is 0.290 e. The van der Waals surface area contributed by atoms with Crippen molar-refractivity contribution in [2.24, 2.45) is 5.92 Å².